The van der Waals surface area contributed by atoms with Gasteiger partial charge in [0.25, 0.3) is 11.8 Å². The molecule has 20 heteroatoms. The van der Waals surface area contributed by atoms with Gasteiger partial charge < -0.3 is 29.6 Å². The van der Waals surface area contributed by atoms with Crippen LogP contribution < -0.4 is 25.6 Å². The van der Waals surface area contributed by atoms with Gasteiger partial charge in [-0.1, -0.05) is 18.9 Å². The number of nitrogens with one attached hydrogen (secondary N) is 4. The molecule has 3 aromatic rings. The second-order valence-electron chi connectivity index (χ2n) is 16.2. The molecule has 3 aliphatic heterocycles. The Morgan fingerprint density at radius 1 is 0.810 bits per heavy atom. The molecule has 5 amide bonds. The number of ether oxygens (including phenoxy) is 4. The highest BCUT2D eigenvalue weighted by Gasteiger charge is 2.61. The Balaban J connectivity index is 0.664. The van der Waals surface area contributed by atoms with Crippen LogP contribution in [0.5, 0.6) is 0 Å². The van der Waals surface area contributed by atoms with Gasteiger partial charge >= 0.3 is 0 Å². The van der Waals surface area contributed by atoms with Crippen LogP contribution >= 0.6 is 0 Å². The lowest BCUT2D eigenvalue weighted by Crippen LogP contribution is -2.54. The molecule has 2 aliphatic carbocycles. The monoisotopic (exact) mass is 888 g/mol. The van der Waals surface area contributed by atoms with Gasteiger partial charge in [-0.25, -0.2) is 18.1 Å². The summed E-state index contributed by atoms with van der Waals surface area (Å²) in [6, 6.07) is 8.79. The second-order valence-corrected chi connectivity index (χ2v) is 17.9. The van der Waals surface area contributed by atoms with Gasteiger partial charge in [-0.15, -0.1) is 0 Å². The summed E-state index contributed by atoms with van der Waals surface area (Å²) in [5.74, 6) is -1.02. The van der Waals surface area contributed by atoms with Crippen molar-refractivity contribution >= 4 is 62.7 Å². The minimum Gasteiger partial charge on any atom is -0.382 e. The molecule has 1 atom stereocenters. The molecule has 1 spiro atoms. The number of benzene rings is 2. The second kappa shape index (κ2) is 19.2. The summed E-state index contributed by atoms with van der Waals surface area (Å²) in [5, 5.41) is 8.54. The summed E-state index contributed by atoms with van der Waals surface area (Å²) >= 11 is 0. The number of aryl methyl sites for hydroxylation is 1. The van der Waals surface area contributed by atoms with E-state index in [1.54, 1.807) is 30.5 Å². The van der Waals surface area contributed by atoms with Crippen LogP contribution in [0.4, 0.5) is 23.1 Å². The number of rotatable bonds is 22. The number of carbonyl (C=O) groups is 5. The first-order valence-corrected chi connectivity index (χ1v) is 22.9. The number of fused-ring (bicyclic) bond motifs is 3. The van der Waals surface area contributed by atoms with E-state index in [1.807, 2.05) is 11.8 Å². The predicted molar refractivity (Wildman–Crippen MR) is 227 cm³/mol. The fourth-order valence-electron chi connectivity index (χ4n) is 8.58. The fourth-order valence-corrected chi connectivity index (χ4v) is 9.68. The van der Waals surface area contributed by atoms with Crippen molar-refractivity contribution in [3.8, 4) is 0 Å². The minimum atomic E-state index is -3.79. The molecule has 3 fully saturated rings. The Kier molecular flexibility index (Phi) is 13.5. The normalized spacial score (nSPS) is 19.3. The van der Waals surface area contributed by atoms with E-state index in [-0.39, 0.29) is 60.6 Å². The predicted octanol–water partition coefficient (Wildman–Crippen LogP) is 2.71. The maximum atomic E-state index is 13.4. The lowest BCUT2D eigenvalue weighted by molar-refractivity contribution is -0.136. The molecular weight excluding hydrogens is 837 g/mol. The van der Waals surface area contributed by atoms with Crippen LogP contribution in [-0.4, -0.2) is 131 Å². The summed E-state index contributed by atoms with van der Waals surface area (Å²) in [7, 11) is -3.79. The van der Waals surface area contributed by atoms with E-state index in [0.29, 0.717) is 74.9 Å². The highest BCUT2D eigenvalue weighted by atomic mass is 32.2. The van der Waals surface area contributed by atoms with Crippen molar-refractivity contribution in [1.82, 2.24) is 24.9 Å². The zero-order valence-corrected chi connectivity index (χ0v) is 35.9. The number of amides is 5. The fraction of sp³-hybridized carbons (Fsp3) is 0.512. The lowest BCUT2D eigenvalue weighted by atomic mass is 10.0. The number of hydrogen-bond donors (Lipinski definition) is 4. The Morgan fingerprint density at radius 2 is 1.49 bits per heavy atom. The lowest BCUT2D eigenvalue weighted by Gasteiger charge is -2.27. The molecule has 4 N–H and O–H groups in total. The van der Waals surface area contributed by atoms with Gasteiger partial charge in [-0.2, -0.15) is 4.98 Å². The SMILES string of the molecule is Cc1cc(S(=O)(=O)NCCOCCOCCOCCOCCNc2cccc3c2C(=O)N(C2CCC(=O)NC2=O)C3=O)ccc1Nc1ncc2c(n1)N(C1CCCC1)C(=O)C21CC1. The number of hydrogen-bond acceptors (Lipinski definition) is 15. The summed E-state index contributed by atoms with van der Waals surface area (Å²) in [6.45, 7) is 4.60. The van der Waals surface area contributed by atoms with Crippen molar-refractivity contribution in [2.24, 2.45) is 0 Å². The number of anilines is 4. The van der Waals surface area contributed by atoms with E-state index >= 15 is 0 Å². The molecule has 4 heterocycles. The molecule has 63 heavy (non-hydrogen) atoms. The van der Waals surface area contributed by atoms with E-state index < -0.39 is 45.1 Å². The van der Waals surface area contributed by atoms with E-state index in [0.717, 1.165) is 49.0 Å². The summed E-state index contributed by atoms with van der Waals surface area (Å²) < 4.78 is 50.8. The van der Waals surface area contributed by atoms with Gasteiger partial charge in [0.15, 0.2) is 0 Å². The molecule has 0 bridgehead atoms. The number of carbonyl (C=O) groups excluding carboxylic acids is 5. The number of aromatic nitrogens is 2. The van der Waals surface area contributed by atoms with Crippen molar-refractivity contribution in [2.45, 2.75) is 80.7 Å². The number of nitrogens with zero attached hydrogens (tertiary/aromatic N) is 4. The van der Waals surface area contributed by atoms with Crippen molar-refractivity contribution in [3.05, 3.63) is 64.8 Å². The standard InChI is InChI=1S/C43H52N8O11S/c1-27-25-29(9-10-32(27)47-42-45-26-31-37(49-42)50(28-5-2-3-6-28)41(56)43(31)13-14-43)63(57,58)46-16-18-60-20-22-62-24-23-61-21-19-59-17-15-44-33-8-4-7-30-36(33)40(55)51(39(30)54)34-11-12-35(52)48-38(34)53/h4,7-10,25-26,28,34,44,46H,2-3,5-6,11-24H2,1H3,(H,45,47,49)(H,48,52,53). The highest BCUT2D eigenvalue weighted by Crippen LogP contribution is 2.58. The summed E-state index contributed by atoms with van der Waals surface area (Å²) in [4.78, 5) is 75.8. The number of imide groups is 2. The maximum absolute atomic E-state index is 13.4. The zero-order valence-electron chi connectivity index (χ0n) is 35.1. The molecule has 8 rings (SSSR count). The van der Waals surface area contributed by atoms with Crippen LogP contribution in [-0.2, 0) is 48.8 Å². The van der Waals surface area contributed by atoms with Crippen molar-refractivity contribution < 1.29 is 51.3 Å². The van der Waals surface area contributed by atoms with Gasteiger partial charge in [0, 0.05) is 48.7 Å². The van der Waals surface area contributed by atoms with E-state index in [4.69, 9.17) is 23.9 Å². The quantitative estimate of drug-likeness (QED) is 0.0839. The first kappa shape index (κ1) is 44.2. The van der Waals surface area contributed by atoms with Crippen LogP contribution in [0.3, 0.4) is 0 Å². The Hall–Kier alpha value is -5.38. The van der Waals surface area contributed by atoms with Gasteiger partial charge in [0.1, 0.15) is 11.9 Å². The smallest absolute Gasteiger partial charge is 0.264 e. The van der Waals surface area contributed by atoms with Crippen LogP contribution in [0.1, 0.15) is 83.2 Å². The van der Waals surface area contributed by atoms with Crippen LogP contribution in [0, 0.1) is 6.92 Å². The molecule has 0 radical (unpaired) electrons. The molecule has 2 saturated carbocycles. The largest absolute Gasteiger partial charge is 0.382 e. The Labute approximate surface area is 365 Å². The van der Waals surface area contributed by atoms with Gasteiger partial charge in [0.05, 0.1) is 74.3 Å². The van der Waals surface area contributed by atoms with Crippen LogP contribution in [0.2, 0.25) is 0 Å². The zero-order chi connectivity index (χ0) is 44.1. The topological polar surface area (TPSA) is 237 Å². The first-order valence-electron chi connectivity index (χ1n) is 21.5. The van der Waals surface area contributed by atoms with Gasteiger partial charge in [-0.3, -0.25) is 39.1 Å². The van der Waals surface area contributed by atoms with E-state index in [1.165, 1.54) is 12.1 Å². The third-order valence-electron chi connectivity index (χ3n) is 12.0. The summed E-state index contributed by atoms with van der Waals surface area (Å²) in [5.41, 5.74) is 2.66. The maximum Gasteiger partial charge on any atom is 0.264 e. The van der Waals surface area contributed by atoms with Gasteiger partial charge in [0.2, 0.25) is 33.7 Å². The summed E-state index contributed by atoms with van der Waals surface area (Å²) in [6.07, 6.45) is 7.75. The Bertz CT molecular complexity index is 2370. The number of piperidine rings is 1. The molecule has 1 unspecified atom stereocenters. The molecule has 1 aromatic heterocycles. The molecule has 336 valence electrons. The molecule has 1 saturated heterocycles. The third kappa shape index (κ3) is 9.46. The number of sulfonamides is 1. The van der Waals surface area contributed by atoms with Gasteiger partial charge in [-0.05, 0) is 74.9 Å². The van der Waals surface area contributed by atoms with Crippen molar-refractivity contribution in [2.75, 3.05) is 81.5 Å². The molecule has 2 aromatic carbocycles. The average Bonchev–Trinajstić information content (AvgIpc) is 3.72. The third-order valence-corrected chi connectivity index (χ3v) is 13.5. The highest BCUT2D eigenvalue weighted by molar-refractivity contribution is 7.89. The molecular formula is C43H52N8O11S. The van der Waals surface area contributed by atoms with E-state index in [9.17, 15) is 32.4 Å². The van der Waals surface area contributed by atoms with Crippen molar-refractivity contribution in [1.29, 1.82) is 0 Å². The average molecular weight is 889 g/mol. The van der Waals surface area contributed by atoms with Crippen molar-refractivity contribution in [3.63, 3.8) is 0 Å². The Morgan fingerprint density at radius 3 is 2.16 bits per heavy atom. The minimum absolute atomic E-state index is 0.0493. The van der Waals surface area contributed by atoms with Crippen LogP contribution in [0.15, 0.2) is 47.5 Å². The van der Waals surface area contributed by atoms with Crippen LogP contribution in [0.25, 0.3) is 0 Å². The molecule has 5 aliphatic rings. The first-order chi connectivity index (χ1) is 30.5. The van der Waals surface area contributed by atoms with E-state index in [2.05, 4.69) is 25.7 Å². The molecule has 19 nitrogen and oxygen atoms in total.